The maximum Gasteiger partial charge on any atom is 0.258 e. The molecular weight excluding hydrogens is 511 g/mol. The minimum atomic E-state index is -1.14. The molecule has 0 N–H and O–H groups in total. The summed E-state index contributed by atoms with van der Waals surface area (Å²) in [7, 11) is 1.60. The highest BCUT2D eigenvalue weighted by atomic mass is 19.1. The molecule has 4 heterocycles. The van der Waals surface area contributed by atoms with Crippen molar-refractivity contribution in [2.75, 3.05) is 25.2 Å². The molecule has 8 nitrogen and oxygen atoms in total. The molecule has 9 heteroatoms. The molecule has 0 unspecified atom stereocenters. The molecule has 7 aliphatic rings. The number of pyridine rings is 1. The molecule has 2 aromatic heterocycles. The van der Waals surface area contributed by atoms with Crippen LogP contribution in [0.3, 0.4) is 0 Å². The van der Waals surface area contributed by atoms with Crippen molar-refractivity contribution in [1.82, 2.24) is 15.1 Å². The summed E-state index contributed by atoms with van der Waals surface area (Å²) >= 11 is 0. The van der Waals surface area contributed by atoms with Crippen LogP contribution in [0.4, 0.5) is 10.1 Å². The van der Waals surface area contributed by atoms with Crippen LogP contribution in [0.5, 0.6) is 5.88 Å². The lowest BCUT2D eigenvalue weighted by molar-refractivity contribution is -0.214. The van der Waals surface area contributed by atoms with E-state index in [1.807, 2.05) is 35.2 Å². The molecule has 3 aromatic rings. The second-order valence-electron chi connectivity index (χ2n) is 13.0. The second kappa shape index (κ2) is 8.35. The predicted octanol–water partition coefficient (Wildman–Crippen LogP) is 5.73. The second-order valence-corrected chi connectivity index (χ2v) is 13.0. The van der Waals surface area contributed by atoms with Gasteiger partial charge >= 0.3 is 0 Å². The van der Waals surface area contributed by atoms with Crippen LogP contribution in [0.1, 0.15) is 75.4 Å². The van der Waals surface area contributed by atoms with Gasteiger partial charge in [-0.15, -0.1) is 0 Å². The summed E-state index contributed by atoms with van der Waals surface area (Å²) in [6.07, 6.45) is 8.36. The fraction of sp³-hybridized carbons (Fsp3) is 0.548. The smallest absolute Gasteiger partial charge is 0.258 e. The number of carbonyl (C=O) groups excluding carboxylic acids is 1. The Balaban J connectivity index is 1.08. The lowest BCUT2D eigenvalue weighted by atomic mass is 9.41. The highest BCUT2D eigenvalue weighted by molar-refractivity contribution is 6.00. The molecular formula is C31H33FN4O4. The van der Waals surface area contributed by atoms with Crippen LogP contribution in [0.25, 0.3) is 11.1 Å². The summed E-state index contributed by atoms with van der Waals surface area (Å²) in [5, 5.41) is 4.23. The summed E-state index contributed by atoms with van der Waals surface area (Å²) in [5.41, 5.74) is 0.350. The fourth-order valence-corrected chi connectivity index (χ4v) is 7.52. The Morgan fingerprint density at radius 1 is 1.10 bits per heavy atom. The molecule has 1 aromatic carbocycles. The highest BCUT2D eigenvalue weighted by Crippen LogP contribution is 2.70. The fourth-order valence-electron chi connectivity index (χ4n) is 7.52. The Kier molecular flexibility index (Phi) is 5.11. The van der Waals surface area contributed by atoms with Crippen molar-refractivity contribution >= 4 is 11.6 Å². The van der Waals surface area contributed by atoms with Crippen molar-refractivity contribution < 1.29 is 23.2 Å². The topological polar surface area (TPSA) is 90.6 Å². The molecule has 2 aliphatic heterocycles. The zero-order chi connectivity index (χ0) is 27.2. The lowest BCUT2D eigenvalue weighted by Gasteiger charge is -2.65. The average Bonchev–Trinajstić information content (AvgIpc) is 3.70. The molecule has 1 amide bonds. The van der Waals surface area contributed by atoms with Gasteiger partial charge in [0.1, 0.15) is 11.3 Å². The first-order valence-electron chi connectivity index (χ1n) is 14.4. The third kappa shape index (κ3) is 3.73. The Morgan fingerprint density at radius 2 is 1.88 bits per heavy atom. The number of rotatable bonds is 8. The normalized spacial score (nSPS) is 33.6. The van der Waals surface area contributed by atoms with Crippen LogP contribution in [0.15, 0.2) is 47.1 Å². The molecule has 208 valence electrons. The van der Waals surface area contributed by atoms with Gasteiger partial charge in [-0.2, -0.15) is 4.98 Å². The molecule has 0 spiro atoms. The molecule has 7 fully saturated rings. The number of hydrogen-bond donors (Lipinski definition) is 0. The zero-order valence-corrected chi connectivity index (χ0v) is 22.7. The van der Waals surface area contributed by atoms with Gasteiger partial charge in [-0.25, -0.2) is 9.37 Å². The zero-order valence-electron chi connectivity index (χ0n) is 22.7. The van der Waals surface area contributed by atoms with Gasteiger partial charge in [-0.1, -0.05) is 17.3 Å². The summed E-state index contributed by atoms with van der Waals surface area (Å²) < 4.78 is 32.1. The number of amides is 1. The summed E-state index contributed by atoms with van der Waals surface area (Å²) in [6.45, 7) is 1.07. The predicted molar refractivity (Wildman–Crippen MR) is 144 cm³/mol. The van der Waals surface area contributed by atoms with Gasteiger partial charge in [-0.05, 0) is 87.1 Å². The number of methoxy groups -OCH3 is 1. The molecule has 40 heavy (non-hydrogen) atoms. The van der Waals surface area contributed by atoms with Crippen LogP contribution in [0.2, 0.25) is 0 Å². The maximum absolute atomic E-state index is 14.5. The van der Waals surface area contributed by atoms with Crippen molar-refractivity contribution in [2.45, 2.75) is 75.0 Å². The molecule has 0 radical (unpaired) electrons. The SMILES string of the molecule is COc1cc(-c2cccc(N(CC34CCC(c5nc(C6CC6)no5)(CC3)OC4)C(=O)C34CC(F)(C3)C4)c2)ccn1. The van der Waals surface area contributed by atoms with E-state index < -0.39 is 16.7 Å². The number of nitrogens with zero attached hydrogens (tertiary/aromatic N) is 4. The Morgan fingerprint density at radius 3 is 2.55 bits per heavy atom. The number of halogens is 1. The number of benzene rings is 1. The number of aromatic nitrogens is 3. The quantitative estimate of drug-likeness (QED) is 0.358. The van der Waals surface area contributed by atoms with Crippen molar-refractivity contribution in [3.05, 3.63) is 54.3 Å². The summed E-state index contributed by atoms with van der Waals surface area (Å²) in [6, 6.07) is 11.9. The number of fused-ring (bicyclic) bond motifs is 3. The van der Waals surface area contributed by atoms with Crippen LogP contribution < -0.4 is 9.64 Å². The van der Waals surface area contributed by atoms with Gasteiger partial charge in [0.2, 0.25) is 11.8 Å². The van der Waals surface area contributed by atoms with Gasteiger partial charge < -0.3 is 18.9 Å². The maximum atomic E-state index is 14.5. The number of ether oxygens (including phenoxy) is 2. The Bertz CT molecular complexity index is 1460. The van der Waals surface area contributed by atoms with E-state index in [0.29, 0.717) is 50.1 Å². The number of carbonyl (C=O) groups is 1. The van der Waals surface area contributed by atoms with E-state index in [1.165, 1.54) is 0 Å². The summed E-state index contributed by atoms with van der Waals surface area (Å²) in [5.74, 6) is 2.43. The van der Waals surface area contributed by atoms with E-state index >= 15 is 0 Å². The molecule has 4 bridgehead atoms. The van der Waals surface area contributed by atoms with E-state index in [2.05, 4.69) is 16.2 Å². The van der Waals surface area contributed by atoms with Crippen LogP contribution >= 0.6 is 0 Å². The van der Waals surface area contributed by atoms with Crippen LogP contribution in [-0.4, -0.2) is 47.0 Å². The number of hydrogen-bond acceptors (Lipinski definition) is 7. The van der Waals surface area contributed by atoms with E-state index in [4.69, 9.17) is 19.0 Å². The minimum Gasteiger partial charge on any atom is -0.481 e. The largest absolute Gasteiger partial charge is 0.481 e. The monoisotopic (exact) mass is 544 g/mol. The van der Waals surface area contributed by atoms with E-state index in [-0.39, 0.29) is 11.3 Å². The third-order valence-electron chi connectivity index (χ3n) is 10.1. The van der Waals surface area contributed by atoms with Gasteiger partial charge in [-0.3, -0.25) is 4.79 Å². The molecule has 10 rings (SSSR count). The van der Waals surface area contributed by atoms with Crippen molar-refractivity contribution in [1.29, 1.82) is 0 Å². The number of alkyl halides is 1. The van der Waals surface area contributed by atoms with E-state index in [0.717, 1.165) is 61.2 Å². The Hall–Kier alpha value is -3.33. The van der Waals surface area contributed by atoms with Crippen molar-refractivity contribution in [3.8, 4) is 17.0 Å². The van der Waals surface area contributed by atoms with Gasteiger partial charge in [0.05, 0.1) is 19.1 Å². The minimum absolute atomic E-state index is 0.0410. The highest BCUT2D eigenvalue weighted by Gasteiger charge is 2.73. The van der Waals surface area contributed by atoms with Crippen molar-refractivity contribution in [2.24, 2.45) is 10.8 Å². The molecule has 2 saturated heterocycles. The van der Waals surface area contributed by atoms with Gasteiger partial charge in [0.25, 0.3) is 5.89 Å². The molecule has 5 saturated carbocycles. The summed E-state index contributed by atoms with van der Waals surface area (Å²) in [4.78, 5) is 25.0. The van der Waals surface area contributed by atoms with Crippen LogP contribution in [0, 0.1) is 10.8 Å². The number of anilines is 1. The lowest BCUT2D eigenvalue weighted by Crippen LogP contribution is -2.71. The average molecular weight is 545 g/mol. The van der Waals surface area contributed by atoms with E-state index in [1.54, 1.807) is 13.3 Å². The van der Waals surface area contributed by atoms with Crippen molar-refractivity contribution in [3.63, 3.8) is 0 Å². The van der Waals surface area contributed by atoms with Gasteiger partial charge in [0, 0.05) is 35.8 Å². The van der Waals surface area contributed by atoms with Crippen LogP contribution in [-0.2, 0) is 15.1 Å². The first-order valence-corrected chi connectivity index (χ1v) is 14.4. The van der Waals surface area contributed by atoms with E-state index in [9.17, 15) is 9.18 Å². The molecule has 5 aliphatic carbocycles. The first-order chi connectivity index (χ1) is 19.3. The third-order valence-corrected chi connectivity index (χ3v) is 10.1. The Labute approximate surface area is 232 Å². The molecule has 0 atom stereocenters. The standard InChI is InChI=1S/C31H33FN4O4/c1-38-24-14-22(7-12-33-24)21-3-2-4-23(13-21)36(27(37)29-15-30(32,16-29)17-29)18-28-8-10-31(11-9-28,39-19-28)26-34-25(35-40-26)20-5-6-20/h2-4,7,12-14,20H,5-6,8-11,15-19H2,1H3. The first kappa shape index (κ1) is 24.5. The van der Waals surface area contributed by atoms with Gasteiger partial charge in [0.15, 0.2) is 5.82 Å².